The molecule has 0 radical (unpaired) electrons. The van der Waals surface area contributed by atoms with Crippen molar-refractivity contribution in [3.63, 3.8) is 0 Å². The highest BCUT2D eigenvalue weighted by Crippen LogP contribution is 2.46. The third-order valence-corrected chi connectivity index (χ3v) is 4.68. The van der Waals surface area contributed by atoms with E-state index in [1.165, 1.54) is 33.0 Å². The van der Waals surface area contributed by atoms with E-state index >= 15 is 0 Å². The molecule has 0 aliphatic heterocycles. The summed E-state index contributed by atoms with van der Waals surface area (Å²) in [5, 5.41) is 2.75. The Balaban J connectivity index is 0.000000205. The predicted molar refractivity (Wildman–Crippen MR) is 117 cm³/mol. The first-order chi connectivity index (χ1) is 12.5. The van der Waals surface area contributed by atoms with Gasteiger partial charge in [-0.05, 0) is 74.3 Å². The molecule has 0 atom stereocenters. The molecule has 0 N–H and O–H groups in total. The van der Waals surface area contributed by atoms with E-state index in [4.69, 9.17) is 0 Å². The molecule has 2 nitrogen and oxygen atoms in total. The number of fused-ring (bicyclic) bond motifs is 3. The van der Waals surface area contributed by atoms with E-state index in [0.717, 1.165) is 13.1 Å². The second kappa shape index (κ2) is 9.51. The molecule has 3 aromatic carbocycles. The monoisotopic (exact) mass is 348 g/mol. The van der Waals surface area contributed by atoms with Crippen molar-refractivity contribution in [2.24, 2.45) is 0 Å². The summed E-state index contributed by atoms with van der Waals surface area (Å²) < 4.78 is 0. The Morgan fingerprint density at radius 2 is 0.885 bits per heavy atom. The molecule has 0 bridgehead atoms. The van der Waals surface area contributed by atoms with Gasteiger partial charge in [0.2, 0.25) is 0 Å². The molecule has 0 heterocycles. The average Bonchev–Trinajstić information content (AvgIpc) is 2.99. The maximum atomic E-state index is 2.22. The van der Waals surface area contributed by atoms with Crippen molar-refractivity contribution in [1.82, 2.24) is 9.80 Å². The Bertz CT molecular complexity index is 769. The van der Waals surface area contributed by atoms with E-state index in [1.807, 2.05) is 0 Å². The van der Waals surface area contributed by atoms with Crippen LogP contribution in [0.2, 0.25) is 0 Å². The van der Waals surface area contributed by atoms with Crippen LogP contribution in [0.5, 0.6) is 0 Å². The summed E-state index contributed by atoms with van der Waals surface area (Å²) in [6.07, 6.45) is 0. The molecule has 4 rings (SSSR count). The maximum Gasteiger partial charge on any atom is -0.00264 e. The van der Waals surface area contributed by atoms with Crippen molar-refractivity contribution in [3.05, 3.63) is 60.7 Å². The molecular formula is C24H32N2. The van der Waals surface area contributed by atoms with Crippen LogP contribution in [0.15, 0.2) is 60.7 Å². The summed E-state index contributed by atoms with van der Waals surface area (Å²) >= 11 is 0. The maximum absolute atomic E-state index is 2.22. The lowest BCUT2D eigenvalue weighted by atomic mass is 10.0. The quantitative estimate of drug-likeness (QED) is 0.464. The first kappa shape index (κ1) is 20.2. The molecule has 3 aromatic rings. The van der Waals surface area contributed by atoms with Gasteiger partial charge in [-0.3, -0.25) is 0 Å². The summed E-state index contributed by atoms with van der Waals surface area (Å²) in [7, 11) is 8.22. The third kappa shape index (κ3) is 4.72. The van der Waals surface area contributed by atoms with Crippen molar-refractivity contribution >= 4 is 10.8 Å². The summed E-state index contributed by atoms with van der Waals surface area (Å²) in [4.78, 5) is 4.25. The topological polar surface area (TPSA) is 6.48 Å². The zero-order valence-corrected chi connectivity index (χ0v) is 17.1. The molecule has 0 saturated heterocycles. The highest BCUT2D eigenvalue weighted by atomic mass is 15.0. The van der Waals surface area contributed by atoms with Gasteiger partial charge >= 0.3 is 0 Å². The minimum Gasteiger partial charge on any atom is -0.310 e. The van der Waals surface area contributed by atoms with Gasteiger partial charge in [-0.25, -0.2) is 0 Å². The third-order valence-electron chi connectivity index (χ3n) is 4.68. The van der Waals surface area contributed by atoms with Gasteiger partial charge in [0.1, 0.15) is 0 Å². The van der Waals surface area contributed by atoms with Gasteiger partial charge in [-0.1, -0.05) is 74.5 Å². The van der Waals surface area contributed by atoms with Crippen molar-refractivity contribution in [2.45, 2.75) is 13.8 Å². The largest absolute Gasteiger partial charge is 0.310 e. The van der Waals surface area contributed by atoms with Gasteiger partial charge in [-0.2, -0.15) is 0 Å². The normalized spacial score (nSPS) is 10.9. The fourth-order valence-electron chi connectivity index (χ4n) is 2.74. The number of hydrogen-bond acceptors (Lipinski definition) is 2. The van der Waals surface area contributed by atoms with E-state index in [9.17, 15) is 0 Å². The van der Waals surface area contributed by atoms with Crippen LogP contribution in [-0.4, -0.2) is 51.1 Å². The van der Waals surface area contributed by atoms with Crippen LogP contribution in [0, 0.1) is 0 Å². The fraction of sp³-hybridized carbons (Fsp3) is 0.333. The van der Waals surface area contributed by atoms with Crippen LogP contribution < -0.4 is 0 Å². The number of hydrogen-bond donors (Lipinski definition) is 0. The Kier molecular flexibility index (Phi) is 7.38. The van der Waals surface area contributed by atoms with Gasteiger partial charge in [-0.15, -0.1) is 0 Å². The van der Waals surface area contributed by atoms with Gasteiger partial charge in [0, 0.05) is 0 Å². The Morgan fingerprint density at radius 3 is 1.23 bits per heavy atom. The van der Waals surface area contributed by atoms with E-state index in [2.05, 4.69) is 113 Å². The van der Waals surface area contributed by atoms with E-state index in [-0.39, 0.29) is 0 Å². The molecule has 138 valence electrons. The van der Waals surface area contributed by atoms with Crippen molar-refractivity contribution in [3.8, 4) is 22.3 Å². The van der Waals surface area contributed by atoms with Gasteiger partial charge in [0.15, 0.2) is 0 Å². The van der Waals surface area contributed by atoms with Gasteiger partial charge in [0.05, 0.1) is 0 Å². The Morgan fingerprint density at radius 1 is 0.538 bits per heavy atom. The smallest absolute Gasteiger partial charge is 0.00264 e. The lowest BCUT2D eigenvalue weighted by molar-refractivity contribution is 0.434. The van der Waals surface area contributed by atoms with E-state index in [0.29, 0.717) is 0 Å². The second-order valence-corrected chi connectivity index (χ2v) is 7.05. The molecule has 0 unspecified atom stereocenters. The molecule has 2 heteroatoms. The van der Waals surface area contributed by atoms with Crippen LogP contribution in [0.1, 0.15) is 13.8 Å². The standard InChI is InChI=1S/C16H10.2C4H11N/c1-2-8-13-12(7-1)14-9-3-5-11-6-4-10-15(13)16(11)14;2*1-4-5(2)3/h1-10H;2*4H2,1-3H3. The number of nitrogens with zero attached hydrogens (tertiary/aromatic N) is 2. The Labute approximate surface area is 159 Å². The van der Waals surface area contributed by atoms with Crippen molar-refractivity contribution < 1.29 is 0 Å². The lowest BCUT2D eigenvalue weighted by Gasteiger charge is -2.00. The molecule has 0 saturated carbocycles. The first-order valence-electron chi connectivity index (χ1n) is 9.40. The van der Waals surface area contributed by atoms with Crippen molar-refractivity contribution in [2.75, 3.05) is 41.3 Å². The van der Waals surface area contributed by atoms with Crippen LogP contribution in [0.25, 0.3) is 33.0 Å². The molecule has 0 spiro atoms. The molecule has 1 aliphatic rings. The van der Waals surface area contributed by atoms with Crippen LogP contribution in [0.3, 0.4) is 0 Å². The molecular weight excluding hydrogens is 316 g/mol. The average molecular weight is 349 g/mol. The highest BCUT2D eigenvalue weighted by Gasteiger charge is 2.19. The second-order valence-electron chi connectivity index (χ2n) is 7.05. The van der Waals surface area contributed by atoms with Gasteiger partial charge in [0.25, 0.3) is 0 Å². The summed E-state index contributed by atoms with van der Waals surface area (Å²) in [5.74, 6) is 0. The van der Waals surface area contributed by atoms with Crippen LogP contribution in [-0.2, 0) is 0 Å². The molecule has 0 fully saturated rings. The highest BCUT2D eigenvalue weighted by molar-refractivity contribution is 6.15. The summed E-state index contributed by atoms with van der Waals surface area (Å²) in [6.45, 7) is 6.53. The number of benzene rings is 3. The Hall–Kier alpha value is -2.16. The van der Waals surface area contributed by atoms with E-state index < -0.39 is 0 Å². The molecule has 1 aliphatic carbocycles. The molecule has 26 heavy (non-hydrogen) atoms. The zero-order chi connectivity index (χ0) is 19.1. The molecule has 0 amide bonds. The molecule has 0 aromatic heterocycles. The first-order valence-corrected chi connectivity index (χ1v) is 9.40. The van der Waals surface area contributed by atoms with Crippen LogP contribution in [0.4, 0.5) is 0 Å². The minimum absolute atomic E-state index is 1.14. The number of rotatable bonds is 2. The van der Waals surface area contributed by atoms with Crippen LogP contribution >= 0.6 is 0 Å². The van der Waals surface area contributed by atoms with E-state index in [1.54, 1.807) is 0 Å². The predicted octanol–water partition coefficient (Wildman–Crippen LogP) is 5.62. The fourth-order valence-corrected chi connectivity index (χ4v) is 2.74. The summed E-state index contributed by atoms with van der Waals surface area (Å²) in [6, 6.07) is 21.8. The zero-order valence-electron chi connectivity index (χ0n) is 17.1. The minimum atomic E-state index is 1.14. The van der Waals surface area contributed by atoms with Gasteiger partial charge < -0.3 is 9.80 Å². The van der Waals surface area contributed by atoms with Crippen molar-refractivity contribution in [1.29, 1.82) is 0 Å². The lowest BCUT2D eigenvalue weighted by Crippen LogP contribution is -2.08. The summed E-state index contributed by atoms with van der Waals surface area (Å²) in [5.41, 5.74) is 5.50. The SMILES string of the molecule is CCN(C)C.CCN(C)C.c1ccc2c(c1)-c1cccc3cccc-2c13.